The van der Waals surface area contributed by atoms with Gasteiger partial charge in [-0.15, -0.1) is 0 Å². The Kier molecular flexibility index (Phi) is 47.0. The van der Waals surface area contributed by atoms with Crippen molar-refractivity contribution in [2.45, 2.75) is 238 Å². The van der Waals surface area contributed by atoms with Crippen molar-refractivity contribution in [1.29, 1.82) is 0 Å². The third-order valence-electron chi connectivity index (χ3n) is 11.8. The lowest BCUT2D eigenvalue weighted by molar-refractivity contribution is -0.870. The van der Waals surface area contributed by atoms with Crippen LogP contribution in [-0.2, 0) is 18.4 Å². The number of phosphoric ester groups is 1. The summed E-state index contributed by atoms with van der Waals surface area (Å²) in [4.78, 5) is 25.4. The molecule has 0 saturated heterocycles. The van der Waals surface area contributed by atoms with E-state index in [9.17, 15) is 19.4 Å². The SMILES string of the molecule is CC/C=C\C/C=C\C/C=C\C/C=C\CCCCCCCCCCCCCCCCCCCCCCC(=O)NC(COP(=O)([O-])OCC[N+](C)(C)C)C(O)/C=C/CC/C=C/CC/C=C/CCCC. The van der Waals surface area contributed by atoms with Gasteiger partial charge in [0.15, 0.2) is 0 Å². The molecule has 0 rings (SSSR count). The molecule has 0 saturated carbocycles. The van der Waals surface area contributed by atoms with Gasteiger partial charge >= 0.3 is 0 Å². The molecular formula is C58H105N2O6P. The molecule has 0 bridgehead atoms. The Morgan fingerprint density at radius 2 is 0.925 bits per heavy atom. The van der Waals surface area contributed by atoms with Crippen LogP contribution in [0.5, 0.6) is 0 Å². The van der Waals surface area contributed by atoms with E-state index >= 15 is 0 Å². The van der Waals surface area contributed by atoms with Crippen molar-refractivity contribution >= 4 is 13.7 Å². The number of phosphoric acid groups is 1. The number of carbonyl (C=O) groups is 1. The Bertz CT molecular complexity index is 1360. The first kappa shape index (κ1) is 64.7. The lowest BCUT2D eigenvalue weighted by atomic mass is 10.0. The summed E-state index contributed by atoms with van der Waals surface area (Å²) in [7, 11) is 1.23. The van der Waals surface area contributed by atoms with Gasteiger partial charge in [0.2, 0.25) is 5.91 Å². The summed E-state index contributed by atoms with van der Waals surface area (Å²) in [6.07, 6.45) is 68.2. The second-order valence-electron chi connectivity index (χ2n) is 19.5. The van der Waals surface area contributed by atoms with Crippen LogP contribution in [0.4, 0.5) is 0 Å². The van der Waals surface area contributed by atoms with Crippen molar-refractivity contribution in [3.05, 3.63) is 85.1 Å². The first-order chi connectivity index (χ1) is 32.5. The highest BCUT2D eigenvalue weighted by Crippen LogP contribution is 2.38. The van der Waals surface area contributed by atoms with Gasteiger partial charge in [-0.1, -0.05) is 227 Å². The monoisotopic (exact) mass is 957 g/mol. The van der Waals surface area contributed by atoms with E-state index in [4.69, 9.17) is 9.05 Å². The minimum absolute atomic E-state index is 0.0110. The summed E-state index contributed by atoms with van der Waals surface area (Å²) in [5, 5.41) is 13.8. The number of nitrogens with zero attached hydrogens (tertiary/aromatic N) is 1. The van der Waals surface area contributed by atoms with E-state index in [1.54, 1.807) is 6.08 Å². The van der Waals surface area contributed by atoms with E-state index in [0.717, 1.165) is 77.0 Å². The van der Waals surface area contributed by atoms with Crippen molar-refractivity contribution < 1.29 is 32.9 Å². The molecule has 8 nitrogen and oxygen atoms in total. The lowest BCUT2D eigenvalue weighted by Gasteiger charge is -2.29. The molecule has 0 aromatic heterocycles. The molecule has 67 heavy (non-hydrogen) atoms. The minimum atomic E-state index is -4.60. The highest BCUT2D eigenvalue weighted by atomic mass is 31.2. The normalized spacial score (nSPS) is 14.7. The van der Waals surface area contributed by atoms with Gasteiger partial charge < -0.3 is 28.8 Å². The van der Waals surface area contributed by atoms with E-state index in [1.807, 2.05) is 27.2 Å². The van der Waals surface area contributed by atoms with Crippen molar-refractivity contribution in [3.63, 3.8) is 0 Å². The number of likely N-dealkylation sites (N-methyl/N-ethyl adjacent to an activating group) is 1. The first-order valence-corrected chi connectivity index (χ1v) is 28.9. The molecule has 3 unspecified atom stereocenters. The fourth-order valence-corrected chi connectivity index (χ4v) is 8.24. The van der Waals surface area contributed by atoms with Crippen LogP contribution < -0.4 is 10.2 Å². The zero-order valence-corrected chi connectivity index (χ0v) is 45.0. The molecular weight excluding hydrogens is 852 g/mol. The number of allylic oxidation sites excluding steroid dienone is 13. The van der Waals surface area contributed by atoms with Crippen molar-refractivity contribution in [2.75, 3.05) is 40.9 Å². The summed E-state index contributed by atoms with van der Waals surface area (Å²) >= 11 is 0. The molecule has 9 heteroatoms. The fraction of sp³-hybridized carbons (Fsp3) is 0.741. The third kappa shape index (κ3) is 51.4. The lowest BCUT2D eigenvalue weighted by Crippen LogP contribution is -2.45. The van der Waals surface area contributed by atoms with Gasteiger partial charge in [-0.25, -0.2) is 0 Å². The fourth-order valence-electron chi connectivity index (χ4n) is 7.52. The Labute approximate surface area is 414 Å². The number of carbonyl (C=O) groups excluding carboxylic acids is 1. The standard InChI is InChI=1S/C58H105N2O6P/c1-6-8-10-12-14-16-18-20-21-22-23-24-25-26-27-28-29-30-31-32-33-34-35-36-37-38-39-40-42-44-46-48-50-52-58(62)59-56(55-66-67(63,64)65-54-53-60(3,4)5)57(61)51-49-47-45-43-41-19-17-15-13-11-9-7-2/h8,10,13-16,20-21,23-24,41,43,49,51,56-57,61H,6-7,9,11-12,17-19,22,25-40,42,44-48,50,52-55H2,1-5H3,(H-,59,62,63,64)/b10-8-,15-13+,16-14-,21-20-,24-23-,43-41+,51-49+. The van der Waals surface area contributed by atoms with E-state index in [2.05, 4.69) is 92.1 Å². The molecule has 0 aromatic carbocycles. The van der Waals surface area contributed by atoms with E-state index in [-0.39, 0.29) is 12.5 Å². The molecule has 0 spiro atoms. The molecule has 0 aliphatic heterocycles. The predicted molar refractivity (Wildman–Crippen MR) is 288 cm³/mol. The Balaban J connectivity index is 4.04. The molecule has 0 aromatic rings. The molecule has 0 aliphatic rings. The van der Waals surface area contributed by atoms with Crippen LogP contribution in [0.15, 0.2) is 85.1 Å². The highest BCUT2D eigenvalue weighted by Gasteiger charge is 2.23. The number of hydrogen-bond donors (Lipinski definition) is 2. The molecule has 388 valence electrons. The first-order valence-electron chi connectivity index (χ1n) is 27.4. The van der Waals surface area contributed by atoms with Crippen LogP contribution in [-0.4, -0.2) is 68.5 Å². The quantitative estimate of drug-likeness (QED) is 0.0272. The van der Waals surface area contributed by atoms with Gasteiger partial charge in [-0.05, 0) is 77.0 Å². The van der Waals surface area contributed by atoms with Crippen molar-refractivity contribution in [2.24, 2.45) is 0 Å². The van der Waals surface area contributed by atoms with E-state index in [1.165, 1.54) is 128 Å². The summed E-state index contributed by atoms with van der Waals surface area (Å²) in [5.74, 6) is -0.213. The zero-order valence-electron chi connectivity index (χ0n) is 44.1. The Morgan fingerprint density at radius 1 is 0.537 bits per heavy atom. The highest BCUT2D eigenvalue weighted by molar-refractivity contribution is 7.45. The van der Waals surface area contributed by atoms with Crippen molar-refractivity contribution in [3.8, 4) is 0 Å². The minimum Gasteiger partial charge on any atom is -0.756 e. The van der Waals surface area contributed by atoms with Gasteiger partial charge in [0.25, 0.3) is 7.82 Å². The van der Waals surface area contributed by atoms with Crippen LogP contribution in [0.3, 0.4) is 0 Å². The van der Waals surface area contributed by atoms with Gasteiger partial charge in [0.1, 0.15) is 13.2 Å². The van der Waals surface area contributed by atoms with Crippen LogP contribution >= 0.6 is 7.82 Å². The number of unbranched alkanes of at least 4 members (excludes halogenated alkanes) is 24. The Morgan fingerprint density at radius 3 is 1.39 bits per heavy atom. The predicted octanol–water partition coefficient (Wildman–Crippen LogP) is 15.8. The van der Waals surface area contributed by atoms with Gasteiger partial charge in [-0.2, -0.15) is 0 Å². The summed E-state index contributed by atoms with van der Waals surface area (Å²) in [6, 6.07) is -0.911. The average molecular weight is 957 g/mol. The molecule has 2 N–H and O–H groups in total. The third-order valence-corrected chi connectivity index (χ3v) is 12.8. The number of nitrogens with one attached hydrogen (secondary N) is 1. The molecule has 0 radical (unpaired) electrons. The maximum atomic E-state index is 12.9. The van der Waals surface area contributed by atoms with Crippen LogP contribution in [0.25, 0.3) is 0 Å². The number of amides is 1. The number of aliphatic hydroxyl groups is 1. The van der Waals surface area contributed by atoms with Crippen LogP contribution in [0, 0.1) is 0 Å². The summed E-state index contributed by atoms with van der Waals surface area (Å²) in [6.45, 7) is 4.45. The Hall–Kier alpha value is -2.32. The number of quaternary nitrogens is 1. The van der Waals surface area contributed by atoms with Gasteiger partial charge in [-0.3, -0.25) is 9.36 Å². The second kappa shape index (κ2) is 48.7. The summed E-state index contributed by atoms with van der Waals surface area (Å²) in [5.41, 5.74) is 0. The number of hydrogen-bond acceptors (Lipinski definition) is 6. The zero-order chi connectivity index (χ0) is 49.2. The molecule has 1 amide bonds. The van der Waals surface area contributed by atoms with Gasteiger partial charge in [0.05, 0.1) is 39.9 Å². The maximum Gasteiger partial charge on any atom is 0.268 e. The van der Waals surface area contributed by atoms with Gasteiger partial charge in [0, 0.05) is 6.42 Å². The largest absolute Gasteiger partial charge is 0.756 e. The molecule has 0 aliphatic carbocycles. The van der Waals surface area contributed by atoms with Crippen molar-refractivity contribution in [1.82, 2.24) is 5.32 Å². The number of rotatable bonds is 49. The summed E-state index contributed by atoms with van der Waals surface area (Å²) < 4.78 is 23.2. The average Bonchev–Trinajstić information content (AvgIpc) is 3.29. The molecule has 3 atom stereocenters. The number of aliphatic hydroxyl groups excluding tert-OH is 1. The smallest absolute Gasteiger partial charge is 0.268 e. The van der Waals surface area contributed by atoms with E-state index < -0.39 is 26.6 Å². The molecule has 0 fully saturated rings. The topological polar surface area (TPSA) is 108 Å². The van der Waals surface area contributed by atoms with Crippen LogP contribution in [0.2, 0.25) is 0 Å². The van der Waals surface area contributed by atoms with E-state index in [0.29, 0.717) is 17.4 Å². The second-order valence-corrected chi connectivity index (χ2v) is 20.9. The maximum absolute atomic E-state index is 12.9. The molecule has 0 heterocycles. The van der Waals surface area contributed by atoms with Crippen LogP contribution in [0.1, 0.15) is 226 Å².